The molecule has 4 nitrogen and oxygen atoms in total. The molecule has 1 saturated carbocycles. The quantitative estimate of drug-likeness (QED) is 0.400. The zero-order valence-electron chi connectivity index (χ0n) is 17.2. The van der Waals surface area contributed by atoms with Crippen LogP contribution < -0.4 is 0 Å². The van der Waals surface area contributed by atoms with Crippen LogP contribution in [-0.4, -0.2) is 39.4 Å². The van der Waals surface area contributed by atoms with Crippen molar-refractivity contribution in [2.75, 3.05) is 0 Å². The molecular weight excluding hydrogens is 328 g/mol. The van der Waals surface area contributed by atoms with Crippen LogP contribution >= 0.6 is 0 Å². The van der Waals surface area contributed by atoms with Gasteiger partial charge in [0, 0.05) is 18.3 Å². The number of aliphatic hydroxyl groups is 3. The first kappa shape index (κ1) is 23.6. The van der Waals surface area contributed by atoms with Gasteiger partial charge in [0.15, 0.2) is 0 Å². The van der Waals surface area contributed by atoms with E-state index in [1.54, 1.807) is 0 Å². The number of carbonyl (C=O) groups is 1. The van der Waals surface area contributed by atoms with E-state index >= 15 is 0 Å². The Bertz CT molecular complexity index is 384. The van der Waals surface area contributed by atoms with Crippen molar-refractivity contribution in [3.05, 3.63) is 0 Å². The molecule has 3 unspecified atom stereocenters. The molecule has 6 atom stereocenters. The highest BCUT2D eigenvalue weighted by atomic mass is 16.3. The average molecular weight is 371 g/mol. The molecule has 4 heteroatoms. The van der Waals surface area contributed by atoms with Gasteiger partial charge in [-0.25, -0.2) is 0 Å². The highest BCUT2D eigenvalue weighted by Crippen LogP contribution is 2.37. The number of carbonyl (C=O) groups excluding carboxylic acids is 1. The Hall–Kier alpha value is -0.450. The molecule has 1 aliphatic rings. The van der Waals surface area contributed by atoms with E-state index in [1.807, 2.05) is 6.92 Å². The van der Waals surface area contributed by atoms with Crippen LogP contribution in [0.15, 0.2) is 0 Å². The number of Topliss-reactive ketones (excluding diaryl/α,β-unsaturated/α-hetero) is 1. The molecule has 0 aromatic heterocycles. The fourth-order valence-corrected chi connectivity index (χ4v) is 4.47. The molecular formula is C22H42O4. The monoisotopic (exact) mass is 370 g/mol. The minimum atomic E-state index is -0.729. The van der Waals surface area contributed by atoms with Gasteiger partial charge >= 0.3 is 0 Å². The smallest absolute Gasteiger partial charge is 0.139 e. The maximum Gasteiger partial charge on any atom is 0.139 e. The number of hydrogen-bond acceptors (Lipinski definition) is 4. The highest BCUT2D eigenvalue weighted by molar-refractivity contribution is 5.84. The highest BCUT2D eigenvalue weighted by Gasteiger charge is 2.44. The first-order chi connectivity index (χ1) is 12.4. The second kappa shape index (κ2) is 12.9. The van der Waals surface area contributed by atoms with Crippen molar-refractivity contribution in [3.63, 3.8) is 0 Å². The zero-order chi connectivity index (χ0) is 19.5. The predicted molar refractivity (Wildman–Crippen MR) is 106 cm³/mol. The van der Waals surface area contributed by atoms with Crippen LogP contribution in [-0.2, 0) is 4.79 Å². The van der Waals surface area contributed by atoms with Crippen molar-refractivity contribution in [1.29, 1.82) is 0 Å². The molecule has 0 aromatic carbocycles. The van der Waals surface area contributed by atoms with Crippen LogP contribution in [0, 0.1) is 17.8 Å². The van der Waals surface area contributed by atoms with Crippen molar-refractivity contribution in [3.8, 4) is 0 Å². The van der Waals surface area contributed by atoms with Crippen molar-refractivity contribution < 1.29 is 20.1 Å². The van der Waals surface area contributed by atoms with E-state index in [9.17, 15) is 20.1 Å². The summed E-state index contributed by atoms with van der Waals surface area (Å²) in [7, 11) is 0. The third-order valence-corrected chi connectivity index (χ3v) is 6.20. The summed E-state index contributed by atoms with van der Waals surface area (Å²) in [6, 6.07) is 0. The summed E-state index contributed by atoms with van der Waals surface area (Å²) in [5.41, 5.74) is 0. The van der Waals surface area contributed by atoms with Gasteiger partial charge in [-0.1, -0.05) is 65.7 Å². The number of hydrogen-bond donors (Lipinski definition) is 3. The first-order valence-electron chi connectivity index (χ1n) is 11.0. The van der Waals surface area contributed by atoms with Crippen LogP contribution in [0.1, 0.15) is 97.8 Å². The number of unbranched alkanes of at least 4 members (excludes halogenated alkanes) is 5. The van der Waals surface area contributed by atoms with Crippen molar-refractivity contribution >= 4 is 5.78 Å². The van der Waals surface area contributed by atoms with E-state index in [0.717, 1.165) is 32.1 Å². The lowest BCUT2D eigenvalue weighted by Gasteiger charge is -2.28. The van der Waals surface area contributed by atoms with Gasteiger partial charge in [-0.15, -0.1) is 0 Å². The molecule has 0 aromatic rings. The molecule has 0 amide bonds. The number of aliphatic hydroxyl groups excluding tert-OH is 3. The minimum Gasteiger partial charge on any atom is -0.393 e. The first-order valence-corrected chi connectivity index (χ1v) is 11.0. The maximum atomic E-state index is 12.3. The topological polar surface area (TPSA) is 77.8 Å². The lowest BCUT2D eigenvalue weighted by molar-refractivity contribution is -0.122. The van der Waals surface area contributed by atoms with E-state index in [0.29, 0.717) is 12.8 Å². The Morgan fingerprint density at radius 1 is 0.962 bits per heavy atom. The number of rotatable bonds is 14. The summed E-state index contributed by atoms with van der Waals surface area (Å²) in [6.07, 6.45) is 9.15. The Balaban J connectivity index is 2.45. The molecule has 1 aliphatic carbocycles. The molecule has 0 bridgehead atoms. The Kier molecular flexibility index (Phi) is 11.7. The number of ketones is 1. The second-order valence-corrected chi connectivity index (χ2v) is 8.46. The fourth-order valence-electron chi connectivity index (χ4n) is 4.47. The standard InChI is InChI=1S/C22H42O4/c1-4-6-7-8-9-10-12-17-20(25)15-21(26)22(17)19(24)14-13-18(23)16(3)11-5-2/h16-19,21-24,26H,4-15H2,1-3H3/t16?,17-,18?,19?,21+,22-/m0/s1. The molecule has 1 rings (SSSR count). The Morgan fingerprint density at radius 3 is 2.27 bits per heavy atom. The van der Waals surface area contributed by atoms with Crippen LogP contribution in [0.4, 0.5) is 0 Å². The summed E-state index contributed by atoms with van der Waals surface area (Å²) >= 11 is 0. The van der Waals surface area contributed by atoms with Crippen molar-refractivity contribution in [2.45, 2.75) is 116 Å². The van der Waals surface area contributed by atoms with E-state index in [2.05, 4.69) is 13.8 Å². The fraction of sp³-hybridized carbons (Fsp3) is 0.955. The third kappa shape index (κ3) is 7.66. The molecule has 1 fully saturated rings. The lowest BCUT2D eigenvalue weighted by Crippen LogP contribution is -2.34. The van der Waals surface area contributed by atoms with E-state index < -0.39 is 18.3 Å². The zero-order valence-corrected chi connectivity index (χ0v) is 17.2. The average Bonchev–Trinajstić information content (AvgIpc) is 2.89. The largest absolute Gasteiger partial charge is 0.393 e. The summed E-state index contributed by atoms with van der Waals surface area (Å²) in [6.45, 7) is 6.34. The van der Waals surface area contributed by atoms with Crippen LogP contribution in [0.5, 0.6) is 0 Å². The van der Waals surface area contributed by atoms with Crippen molar-refractivity contribution in [2.24, 2.45) is 17.8 Å². The van der Waals surface area contributed by atoms with Gasteiger partial charge < -0.3 is 15.3 Å². The van der Waals surface area contributed by atoms with Gasteiger partial charge in [0.05, 0.1) is 18.3 Å². The van der Waals surface area contributed by atoms with E-state index in [4.69, 9.17) is 0 Å². The molecule has 26 heavy (non-hydrogen) atoms. The SMILES string of the molecule is CCCCCCCC[C@H]1C(=O)C[C@@H](O)[C@@H]1C(O)CCC(O)C(C)CCC. The molecule has 0 radical (unpaired) electrons. The third-order valence-electron chi connectivity index (χ3n) is 6.20. The second-order valence-electron chi connectivity index (χ2n) is 8.46. The normalized spacial score (nSPS) is 26.8. The Morgan fingerprint density at radius 2 is 1.62 bits per heavy atom. The van der Waals surface area contributed by atoms with Crippen LogP contribution in [0.3, 0.4) is 0 Å². The maximum absolute atomic E-state index is 12.3. The summed E-state index contributed by atoms with van der Waals surface area (Å²) < 4.78 is 0. The summed E-state index contributed by atoms with van der Waals surface area (Å²) in [4.78, 5) is 12.3. The summed E-state index contributed by atoms with van der Waals surface area (Å²) in [5.74, 6) is -0.237. The van der Waals surface area contributed by atoms with Gasteiger partial charge in [0.2, 0.25) is 0 Å². The molecule has 0 aliphatic heterocycles. The summed E-state index contributed by atoms with van der Waals surface area (Å²) in [5, 5.41) is 31.1. The Labute approximate surface area is 160 Å². The van der Waals surface area contributed by atoms with Crippen LogP contribution in [0.25, 0.3) is 0 Å². The van der Waals surface area contributed by atoms with Crippen LogP contribution in [0.2, 0.25) is 0 Å². The van der Waals surface area contributed by atoms with Gasteiger partial charge in [0.25, 0.3) is 0 Å². The van der Waals surface area contributed by atoms with Gasteiger partial charge in [-0.2, -0.15) is 0 Å². The van der Waals surface area contributed by atoms with Gasteiger partial charge in [0.1, 0.15) is 5.78 Å². The van der Waals surface area contributed by atoms with E-state index in [1.165, 1.54) is 25.7 Å². The predicted octanol–water partition coefficient (Wildman–Crippen LogP) is 4.24. The van der Waals surface area contributed by atoms with Gasteiger partial charge in [-0.3, -0.25) is 4.79 Å². The van der Waals surface area contributed by atoms with Gasteiger partial charge in [-0.05, 0) is 31.6 Å². The molecule has 0 saturated heterocycles. The lowest BCUT2D eigenvalue weighted by atomic mass is 9.82. The minimum absolute atomic E-state index is 0.106. The molecule has 0 spiro atoms. The van der Waals surface area contributed by atoms with E-state index in [-0.39, 0.29) is 30.0 Å². The van der Waals surface area contributed by atoms with Crippen molar-refractivity contribution in [1.82, 2.24) is 0 Å². The molecule has 3 N–H and O–H groups in total. The molecule has 0 heterocycles. The molecule has 154 valence electrons.